The Morgan fingerprint density at radius 3 is 2.67 bits per heavy atom. The first-order chi connectivity index (χ1) is 8.77. The van der Waals surface area contributed by atoms with Crippen molar-refractivity contribution in [3.8, 4) is 0 Å². The van der Waals surface area contributed by atoms with Crippen LogP contribution in [0.4, 0.5) is 0 Å². The number of halogens is 1. The minimum absolute atomic E-state index is 0.299. The van der Waals surface area contributed by atoms with Gasteiger partial charge in [-0.05, 0) is 30.1 Å². The third-order valence-corrected chi connectivity index (χ3v) is 5.74. The molecule has 1 saturated heterocycles. The van der Waals surface area contributed by atoms with Crippen LogP contribution in [-0.4, -0.2) is 15.6 Å². The Balaban J connectivity index is 0.000000180. The second-order valence-corrected chi connectivity index (χ2v) is 7.09. The molecule has 1 nitrogen and oxygen atoms in total. The van der Waals surface area contributed by atoms with Gasteiger partial charge in [0.1, 0.15) is 0 Å². The topological polar surface area (TPSA) is 9.23 Å². The van der Waals surface area contributed by atoms with Gasteiger partial charge in [0.25, 0.3) is 0 Å². The Morgan fingerprint density at radius 1 is 1.39 bits per heavy atom. The molecule has 0 atom stereocenters. The Hall–Kier alpha value is -0.573. The van der Waals surface area contributed by atoms with Gasteiger partial charge < -0.3 is 4.43 Å². The van der Waals surface area contributed by atoms with Gasteiger partial charge in [0.2, 0.25) is 9.04 Å². The molecule has 1 aromatic carbocycles. The van der Waals surface area contributed by atoms with Crippen LogP contribution in [0.5, 0.6) is 0 Å². The molecule has 2 rings (SSSR count). The molecule has 0 spiro atoms. The van der Waals surface area contributed by atoms with E-state index < -0.39 is 0 Å². The lowest BCUT2D eigenvalue weighted by molar-refractivity contribution is 0.286. The summed E-state index contributed by atoms with van der Waals surface area (Å²) in [6.07, 6.45) is 5.78. The lowest BCUT2D eigenvalue weighted by Gasteiger charge is -2.19. The molecule has 1 aliphatic rings. The van der Waals surface area contributed by atoms with Crippen LogP contribution in [0, 0.1) is 0 Å². The van der Waals surface area contributed by atoms with Crippen molar-refractivity contribution >= 4 is 26.7 Å². The van der Waals surface area contributed by atoms with E-state index in [1.807, 2.05) is 24.3 Å². The van der Waals surface area contributed by atoms with Gasteiger partial charge in [-0.2, -0.15) is 0 Å². The molecule has 0 N–H and O–H groups in total. The van der Waals surface area contributed by atoms with Crippen molar-refractivity contribution in [2.75, 3.05) is 6.61 Å². The van der Waals surface area contributed by atoms with Gasteiger partial charge in [0, 0.05) is 11.6 Å². The van der Waals surface area contributed by atoms with E-state index >= 15 is 0 Å². The molecule has 0 unspecified atom stereocenters. The van der Waals surface area contributed by atoms with Crippen LogP contribution in [0.2, 0.25) is 17.1 Å². The normalized spacial score (nSPS) is 15.7. The SMILES string of the molecule is C=Cc1ccccc1Cl.CCC[Si]1CCCCO1. The predicted octanol–water partition coefficient (Wildman–Crippen LogP) is 5.18. The second-order valence-electron chi connectivity index (χ2n) is 4.32. The molecule has 0 saturated carbocycles. The number of hydrogen-bond acceptors (Lipinski definition) is 1. The minimum atomic E-state index is -0.299. The largest absolute Gasteiger partial charge is 0.417 e. The fourth-order valence-electron chi connectivity index (χ4n) is 1.83. The van der Waals surface area contributed by atoms with Crippen LogP contribution in [0.15, 0.2) is 30.8 Å². The maximum Gasteiger partial charge on any atom is 0.211 e. The molecule has 1 heterocycles. The highest BCUT2D eigenvalue weighted by molar-refractivity contribution is 6.51. The summed E-state index contributed by atoms with van der Waals surface area (Å²) >= 11 is 5.75. The van der Waals surface area contributed by atoms with Gasteiger partial charge in [-0.15, -0.1) is 0 Å². The Labute approximate surface area is 118 Å². The smallest absolute Gasteiger partial charge is 0.211 e. The molecule has 0 bridgehead atoms. The molecule has 0 amide bonds. The maximum atomic E-state index is 5.75. The Morgan fingerprint density at radius 2 is 2.17 bits per heavy atom. The summed E-state index contributed by atoms with van der Waals surface area (Å²) in [6.45, 7) is 6.90. The summed E-state index contributed by atoms with van der Waals surface area (Å²) < 4.78 is 5.62. The van der Waals surface area contributed by atoms with Crippen LogP contribution in [0.25, 0.3) is 6.08 Å². The van der Waals surface area contributed by atoms with Gasteiger partial charge in [-0.3, -0.25) is 0 Å². The van der Waals surface area contributed by atoms with E-state index in [4.69, 9.17) is 16.0 Å². The first-order valence-corrected chi connectivity index (χ1v) is 8.82. The molecule has 18 heavy (non-hydrogen) atoms. The lowest BCUT2D eigenvalue weighted by atomic mass is 10.2. The summed E-state index contributed by atoms with van der Waals surface area (Å²) in [6, 6.07) is 10.4. The summed E-state index contributed by atoms with van der Waals surface area (Å²) in [5, 5.41) is 0.757. The Kier molecular flexibility index (Phi) is 8.06. The average Bonchev–Trinajstić information content (AvgIpc) is 2.42. The van der Waals surface area contributed by atoms with Crippen molar-refractivity contribution < 1.29 is 4.43 Å². The molecule has 99 valence electrons. The van der Waals surface area contributed by atoms with Crippen molar-refractivity contribution in [1.82, 2.24) is 0 Å². The van der Waals surface area contributed by atoms with E-state index in [2.05, 4.69) is 13.5 Å². The highest BCUT2D eigenvalue weighted by Gasteiger charge is 2.14. The molecule has 0 aromatic heterocycles. The molecule has 1 aliphatic heterocycles. The zero-order valence-electron chi connectivity index (χ0n) is 11.1. The van der Waals surface area contributed by atoms with E-state index in [1.165, 1.54) is 31.4 Å². The van der Waals surface area contributed by atoms with Crippen LogP contribution in [0.1, 0.15) is 31.7 Å². The van der Waals surface area contributed by atoms with Crippen molar-refractivity contribution in [3.63, 3.8) is 0 Å². The maximum absolute atomic E-state index is 5.75. The third-order valence-electron chi connectivity index (χ3n) is 2.81. The van der Waals surface area contributed by atoms with E-state index in [0.29, 0.717) is 0 Å². The zero-order valence-corrected chi connectivity index (χ0v) is 12.9. The van der Waals surface area contributed by atoms with Gasteiger partial charge in [0.15, 0.2) is 0 Å². The lowest BCUT2D eigenvalue weighted by Crippen LogP contribution is -2.22. The Bertz CT molecular complexity index is 345. The average molecular weight is 282 g/mol. The van der Waals surface area contributed by atoms with Crippen molar-refractivity contribution in [1.29, 1.82) is 0 Å². The van der Waals surface area contributed by atoms with Gasteiger partial charge in [-0.1, -0.05) is 62.2 Å². The van der Waals surface area contributed by atoms with Crippen molar-refractivity contribution in [2.24, 2.45) is 0 Å². The quantitative estimate of drug-likeness (QED) is 0.694. The van der Waals surface area contributed by atoms with Crippen LogP contribution >= 0.6 is 11.6 Å². The first-order valence-electron chi connectivity index (χ1n) is 6.62. The van der Waals surface area contributed by atoms with E-state index in [1.54, 1.807) is 6.08 Å². The van der Waals surface area contributed by atoms with Crippen molar-refractivity contribution in [3.05, 3.63) is 41.4 Å². The fourth-order valence-corrected chi connectivity index (χ4v) is 4.22. The highest BCUT2D eigenvalue weighted by atomic mass is 35.5. The first kappa shape index (κ1) is 15.5. The molecule has 0 aliphatic carbocycles. The number of benzene rings is 1. The molecular formula is C15H22ClOSi. The minimum Gasteiger partial charge on any atom is -0.417 e. The summed E-state index contributed by atoms with van der Waals surface area (Å²) in [5.74, 6) is 0. The van der Waals surface area contributed by atoms with Crippen LogP contribution in [0.3, 0.4) is 0 Å². The summed E-state index contributed by atoms with van der Waals surface area (Å²) in [7, 11) is -0.299. The second kappa shape index (κ2) is 9.37. The van der Waals surface area contributed by atoms with Crippen LogP contribution in [-0.2, 0) is 4.43 Å². The third kappa shape index (κ3) is 5.85. The van der Waals surface area contributed by atoms with E-state index in [-0.39, 0.29) is 9.04 Å². The number of hydrogen-bond donors (Lipinski definition) is 0. The predicted molar refractivity (Wildman–Crippen MR) is 82.4 cm³/mol. The molecule has 3 heteroatoms. The van der Waals surface area contributed by atoms with Gasteiger partial charge >= 0.3 is 0 Å². The molecule has 1 radical (unpaired) electrons. The van der Waals surface area contributed by atoms with E-state index in [9.17, 15) is 0 Å². The summed E-state index contributed by atoms with van der Waals surface area (Å²) in [4.78, 5) is 0. The van der Waals surface area contributed by atoms with E-state index in [0.717, 1.165) is 17.2 Å². The van der Waals surface area contributed by atoms with Crippen molar-refractivity contribution in [2.45, 2.75) is 38.3 Å². The van der Waals surface area contributed by atoms with Crippen LogP contribution < -0.4 is 0 Å². The fraction of sp³-hybridized carbons (Fsp3) is 0.467. The summed E-state index contributed by atoms with van der Waals surface area (Å²) in [5.41, 5.74) is 0.985. The monoisotopic (exact) mass is 281 g/mol. The highest BCUT2D eigenvalue weighted by Crippen LogP contribution is 2.15. The molecule has 1 fully saturated rings. The molecule has 1 aromatic rings. The standard InChI is InChI=1S/C8H7Cl.C7H15OSi/c1-2-7-5-3-4-6-8(7)9;1-2-6-9-7-4-3-5-8-9/h2-6H,1H2;2-7H2,1H3. The van der Waals surface area contributed by atoms with Gasteiger partial charge in [-0.25, -0.2) is 0 Å². The number of rotatable bonds is 3. The van der Waals surface area contributed by atoms with Gasteiger partial charge in [0.05, 0.1) is 0 Å². The zero-order chi connectivity index (χ0) is 13.2. The molecular weight excluding hydrogens is 260 g/mol.